The molecule has 1 aromatic carbocycles. The van der Waals surface area contributed by atoms with E-state index in [1.165, 1.54) is 26.0 Å². The summed E-state index contributed by atoms with van der Waals surface area (Å²) in [6.45, 7) is 6.22. The molecule has 0 fully saturated rings. The topological polar surface area (TPSA) is 113 Å². The number of carbonyl (C=O) groups is 3. The van der Waals surface area contributed by atoms with Gasteiger partial charge in [0.05, 0.1) is 12.0 Å². The first-order chi connectivity index (χ1) is 12.5. The fourth-order valence-electron chi connectivity index (χ4n) is 2.86. The zero-order chi connectivity index (χ0) is 20.5. The molecule has 1 amide bonds. The Bertz CT molecular complexity index is 841. The Labute approximate surface area is 155 Å². The van der Waals surface area contributed by atoms with Gasteiger partial charge in [0.25, 0.3) is 5.91 Å². The number of nitrogens with one attached hydrogen (secondary N) is 1. The number of amides is 1. The van der Waals surface area contributed by atoms with Gasteiger partial charge in [0.2, 0.25) is 0 Å². The van der Waals surface area contributed by atoms with Crippen LogP contribution in [-0.4, -0.2) is 41.0 Å². The molecular weight excluding hydrogens is 357 g/mol. The fraction of sp³-hybridized carbons (Fsp3) is 0.421. The van der Waals surface area contributed by atoms with E-state index in [2.05, 4.69) is 0 Å². The molecule has 0 saturated heterocycles. The molecule has 0 radical (unpaired) electrons. The SMILES string of the molecule is CC(C)COc1ccc2c(c1F)C(C)(C)C(=O)C(C(=O)NCC(=O)O)=C2O. The summed E-state index contributed by atoms with van der Waals surface area (Å²) in [4.78, 5) is 35.6. The third-order valence-electron chi connectivity index (χ3n) is 4.22. The molecule has 0 heterocycles. The van der Waals surface area contributed by atoms with Gasteiger partial charge in [0.15, 0.2) is 17.3 Å². The average molecular weight is 379 g/mol. The summed E-state index contributed by atoms with van der Waals surface area (Å²) in [6.07, 6.45) is 0. The van der Waals surface area contributed by atoms with Crippen molar-refractivity contribution < 1.29 is 33.7 Å². The molecule has 0 spiro atoms. The van der Waals surface area contributed by atoms with Crippen molar-refractivity contribution in [1.82, 2.24) is 5.32 Å². The number of hydrogen-bond acceptors (Lipinski definition) is 5. The highest BCUT2D eigenvalue weighted by molar-refractivity contribution is 6.28. The van der Waals surface area contributed by atoms with Crippen LogP contribution in [0.4, 0.5) is 4.39 Å². The van der Waals surface area contributed by atoms with Crippen molar-refractivity contribution in [3.63, 3.8) is 0 Å². The fourth-order valence-corrected chi connectivity index (χ4v) is 2.86. The van der Waals surface area contributed by atoms with E-state index in [4.69, 9.17) is 9.84 Å². The van der Waals surface area contributed by atoms with Gasteiger partial charge in [0, 0.05) is 11.1 Å². The van der Waals surface area contributed by atoms with Crippen LogP contribution in [-0.2, 0) is 19.8 Å². The van der Waals surface area contributed by atoms with Crippen LogP contribution in [0, 0.1) is 11.7 Å². The third-order valence-corrected chi connectivity index (χ3v) is 4.22. The maximum absolute atomic E-state index is 15.0. The summed E-state index contributed by atoms with van der Waals surface area (Å²) in [6, 6.07) is 2.70. The van der Waals surface area contributed by atoms with Crippen LogP contribution >= 0.6 is 0 Å². The summed E-state index contributed by atoms with van der Waals surface area (Å²) in [7, 11) is 0. The normalized spacial score (nSPS) is 15.6. The number of aliphatic carboxylic acids is 1. The van der Waals surface area contributed by atoms with Crippen LogP contribution in [0.15, 0.2) is 17.7 Å². The number of carboxylic acid groups (broad SMARTS) is 1. The minimum atomic E-state index is -1.46. The number of carboxylic acids is 1. The molecule has 0 aliphatic heterocycles. The summed E-state index contributed by atoms with van der Waals surface area (Å²) in [5.41, 5.74) is -2.13. The van der Waals surface area contributed by atoms with Gasteiger partial charge in [-0.1, -0.05) is 13.8 Å². The first kappa shape index (κ1) is 20.4. The molecule has 2 rings (SSSR count). The van der Waals surface area contributed by atoms with Gasteiger partial charge in [-0.25, -0.2) is 4.39 Å². The minimum absolute atomic E-state index is 0.00512. The summed E-state index contributed by atoms with van der Waals surface area (Å²) in [5, 5.41) is 21.1. The molecule has 0 unspecified atom stereocenters. The highest BCUT2D eigenvalue weighted by Gasteiger charge is 2.45. The number of aliphatic hydroxyl groups is 1. The first-order valence-electron chi connectivity index (χ1n) is 8.42. The monoisotopic (exact) mass is 379 g/mol. The Morgan fingerprint density at radius 3 is 2.48 bits per heavy atom. The van der Waals surface area contributed by atoms with E-state index in [1.807, 2.05) is 19.2 Å². The zero-order valence-corrected chi connectivity index (χ0v) is 15.6. The molecule has 0 saturated carbocycles. The highest BCUT2D eigenvalue weighted by Crippen LogP contribution is 2.43. The van der Waals surface area contributed by atoms with Gasteiger partial charge < -0.3 is 20.3 Å². The lowest BCUT2D eigenvalue weighted by atomic mass is 9.70. The predicted octanol–water partition coefficient (Wildman–Crippen LogP) is 2.19. The van der Waals surface area contributed by atoms with Crippen LogP contribution < -0.4 is 10.1 Å². The van der Waals surface area contributed by atoms with Crippen LogP contribution in [0.1, 0.15) is 38.8 Å². The molecule has 3 N–H and O–H groups in total. The second-order valence-electron chi connectivity index (χ2n) is 7.26. The number of fused-ring (bicyclic) bond motifs is 1. The van der Waals surface area contributed by atoms with Gasteiger partial charge >= 0.3 is 5.97 Å². The van der Waals surface area contributed by atoms with Crippen LogP contribution in [0.5, 0.6) is 5.75 Å². The van der Waals surface area contributed by atoms with Crippen LogP contribution in [0.2, 0.25) is 0 Å². The van der Waals surface area contributed by atoms with E-state index >= 15 is 4.39 Å². The minimum Gasteiger partial charge on any atom is -0.506 e. The molecule has 1 aromatic rings. The summed E-state index contributed by atoms with van der Waals surface area (Å²) >= 11 is 0. The molecule has 1 aliphatic rings. The summed E-state index contributed by atoms with van der Waals surface area (Å²) in [5.74, 6) is -4.49. The van der Waals surface area contributed by atoms with Gasteiger partial charge in [-0.15, -0.1) is 0 Å². The number of ether oxygens (including phenoxy) is 1. The van der Waals surface area contributed by atoms with Crippen molar-refractivity contribution in [1.29, 1.82) is 0 Å². The van der Waals surface area contributed by atoms with E-state index in [0.29, 0.717) is 0 Å². The van der Waals surface area contributed by atoms with E-state index in [-0.39, 0.29) is 29.4 Å². The molecule has 8 heteroatoms. The van der Waals surface area contributed by atoms with Crippen molar-refractivity contribution in [2.75, 3.05) is 13.2 Å². The van der Waals surface area contributed by atoms with Gasteiger partial charge in [-0.2, -0.15) is 0 Å². The molecular formula is C19H22FNO6. The number of rotatable bonds is 6. The number of Topliss-reactive ketones (excluding diaryl/α,β-unsaturated/α-hetero) is 1. The smallest absolute Gasteiger partial charge is 0.322 e. The molecule has 27 heavy (non-hydrogen) atoms. The Morgan fingerprint density at radius 2 is 1.93 bits per heavy atom. The van der Waals surface area contributed by atoms with Gasteiger partial charge in [-0.3, -0.25) is 14.4 Å². The number of halogens is 1. The number of hydrogen-bond donors (Lipinski definition) is 3. The van der Waals surface area contributed by atoms with Crippen molar-refractivity contribution >= 4 is 23.4 Å². The lowest BCUT2D eigenvalue weighted by Crippen LogP contribution is -2.42. The Kier molecular flexibility index (Phi) is 5.58. The number of aliphatic hydroxyl groups excluding tert-OH is 1. The van der Waals surface area contributed by atoms with Crippen molar-refractivity contribution in [2.45, 2.75) is 33.1 Å². The maximum atomic E-state index is 15.0. The lowest BCUT2D eigenvalue weighted by molar-refractivity contribution is -0.138. The highest BCUT2D eigenvalue weighted by atomic mass is 19.1. The molecule has 146 valence electrons. The molecule has 0 atom stereocenters. The molecule has 7 nitrogen and oxygen atoms in total. The number of carbonyl (C=O) groups excluding carboxylic acids is 2. The second-order valence-corrected chi connectivity index (χ2v) is 7.26. The third kappa shape index (κ3) is 3.79. The van der Waals surface area contributed by atoms with E-state index in [0.717, 1.165) is 0 Å². The largest absolute Gasteiger partial charge is 0.506 e. The average Bonchev–Trinajstić information content (AvgIpc) is 2.57. The number of ketones is 1. The van der Waals surface area contributed by atoms with Crippen molar-refractivity contribution in [3.8, 4) is 5.75 Å². The quantitative estimate of drug-likeness (QED) is 0.653. The summed E-state index contributed by atoms with van der Waals surface area (Å²) < 4.78 is 20.5. The van der Waals surface area contributed by atoms with E-state index in [1.54, 1.807) is 0 Å². The van der Waals surface area contributed by atoms with Crippen molar-refractivity contribution in [2.24, 2.45) is 5.92 Å². The first-order valence-corrected chi connectivity index (χ1v) is 8.42. The standard InChI is InChI=1S/C19H22FNO6/c1-9(2)8-27-11-6-5-10-14(15(11)20)19(3,4)17(25)13(16(10)24)18(26)21-7-12(22)23/h5-6,9,24H,7-8H2,1-4H3,(H,21,26)(H,22,23). The molecule has 0 aromatic heterocycles. The van der Waals surface area contributed by atoms with Crippen LogP contribution in [0.25, 0.3) is 5.76 Å². The van der Waals surface area contributed by atoms with Gasteiger partial charge in [-0.05, 0) is 31.9 Å². The zero-order valence-electron chi connectivity index (χ0n) is 15.6. The van der Waals surface area contributed by atoms with E-state index < -0.39 is 46.8 Å². The molecule has 0 bridgehead atoms. The molecule has 1 aliphatic carbocycles. The Hall–Kier alpha value is -2.90. The Balaban J connectivity index is 2.56. The maximum Gasteiger partial charge on any atom is 0.322 e. The van der Waals surface area contributed by atoms with Crippen LogP contribution in [0.3, 0.4) is 0 Å². The van der Waals surface area contributed by atoms with Crippen molar-refractivity contribution in [3.05, 3.63) is 34.6 Å². The second kappa shape index (κ2) is 7.38. The number of benzene rings is 1. The Morgan fingerprint density at radius 1 is 1.30 bits per heavy atom. The lowest BCUT2D eigenvalue weighted by Gasteiger charge is -2.32. The predicted molar refractivity (Wildman–Crippen MR) is 95.0 cm³/mol. The van der Waals surface area contributed by atoms with Gasteiger partial charge in [0.1, 0.15) is 17.9 Å². The van der Waals surface area contributed by atoms with E-state index in [9.17, 15) is 19.5 Å².